The van der Waals surface area contributed by atoms with E-state index in [1.807, 2.05) is 24.0 Å². The number of pyridine rings is 1. The fraction of sp³-hybridized carbons (Fsp3) is 0.474. The second-order valence-electron chi connectivity index (χ2n) is 6.79. The van der Waals surface area contributed by atoms with Gasteiger partial charge < -0.3 is 10.2 Å². The Bertz CT molecular complexity index is 919. The number of piperidine rings is 1. The summed E-state index contributed by atoms with van der Waals surface area (Å²) in [6.07, 6.45) is 5.05. The van der Waals surface area contributed by atoms with Gasteiger partial charge in [0.1, 0.15) is 5.82 Å². The molecular formula is C19H25N5O3. The molecule has 144 valence electrons. The normalized spacial score (nSPS) is 17.0. The van der Waals surface area contributed by atoms with E-state index in [9.17, 15) is 14.4 Å². The van der Waals surface area contributed by atoms with Crippen LogP contribution in [0, 0.1) is 5.92 Å². The van der Waals surface area contributed by atoms with E-state index in [0.717, 1.165) is 29.5 Å². The third kappa shape index (κ3) is 4.10. The highest BCUT2D eigenvalue weighted by atomic mass is 16.2. The number of anilines is 1. The molecule has 2 aromatic heterocycles. The summed E-state index contributed by atoms with van der Waals surface area (Å²) in [5, 5.41) is 2.96. The lowest BCUT2D eigenvalue weighted by Gasteiger charge is -2.34. The van der Waals surface area contributed by atoms with Crippen LogP contribution in [0.15, 0.2) is 40.2 Å². The maximum Gasteiger partial charge on any atom is 0.332 e. The lowest BCUT2D eigenvalue weighted by atomic mass is 9.97. The summed E-state index contributed by atoms with van der Waals surface area (Å²) in [5.74, 6) is 0.396. The Morgan fingerprint density at radius 1 is 1.37 bits per heavy atom. The molecule has 1 aliphatic rings. The molecule has 27 heavy (non-hydrogen) atoms. The van der Waals surface area contributed by atoms with Gasteiger partial charge in [-0.2, -0.15) is 0 Å². The van der Waals surface area contributed by atoms with E-state index in [1.54, 1.807) is 17.0 Å². The van der Waals surface area contributed by atoms with Crippen LogP contribution in [-0.4, -0.2) is 33.1 Å². The lowest BCUT2D eigenvalue weighted by molar-refractivity contribution is -0.125. The number of carbonyl (C=O) groups is 1. The molecule has 0 radical (unpaired) electrons. The highest BCUT2D eigenvalue weighted by Crippen LogP contribution is 2.22. The Morgan fingerprint density at radius 2 is 2.19 bits per heavy atom. The zero-order chi connectivity index (χ0) is 19.4. The van der Waals surface area contributed by atoms with E-state index < -0.39 is 0 Å². The van der Waals surface area contributed by atoms with E-state index in [0.29, 0.717) is 25.5 Å². The number of aromatic nitrogens is 3. The van der Waals surface area contributed by atoms with Gasteiger partial charge in [0.05, 0.1) is 5.92 Å². The minimum absolute atomic E-state index is 0.0159. The lowest BCUT2D eigenvalue weighted by Crippen LogP contribution is -2.47. The summed E-state index contributed by atoms with van der Waals surface area (Å²) in [4.78, 5) is 43.1. The first-order valence-electron chi connectivity index (χ1n) is 9.23. The molecule has 1 amide bonds. The molecule has 1 fully saturated rings. The SMILES string of the molecule is CCn1c(N2CCC[C@H](C(=O)NCc3cccnc3)C2)cc(=O)n(C)c1=O. The number of hydrogen-bond donors (Lipinski definition) is 1. The summed E-state index contributed by atoms with van der Waals surface area (Å²) >= 11 is 0. The van der Waals surface area contributed by atoms with Gasteiger partial charge in [0.15, 0.2) is 0 Å². The van der Waals surface area contributed by atoms with Crippen molar-refractivity contribution in [1.82, 2.24) is 19.4 Å². The summed E-state index contributed by atoms with van der Waals surface area (Å²) in [6, 6.07) is 5.24. The highest BCUT2D eigenvalue weighted by molar-refractivity contribution is 5.79. The van der Waals surface area contributed by atoms with Crippen molar-refractivity contribution in [3.63, 3.8) is 0 Å². The van der Waals surface area contributed by atoms with Gasteiger partial charge in [-0.3, -0.25) is 23.7 Å². The third-order valence-corrected chi connectivity index (χ3v) is 5.00. The van der Waals surface area contributed by atoms with Crippen LogP contribution in [0.4, 0.5) is 5.82 Å². The zero-order valence-electron chi connectivity index (χ0n) is 15.7. The zero-order valence-corrected chi connectivity index (χ0v) is 15.7. The number of nitrogens with one attached hydrogen (secondary N) is 1. The molecule has 3 heterocycles. The highest BCUT2D eigenvalue weighted by Gasteiger charge is 2.27. The standard InChI is InChI=1S/C19H25N5O3/c1-3-24-16(10-17(25)22(2)19(24)27)23-9-5-7-15(13-23)18(26)21-12-14-6-4-8-20-11-14/h4,6,8,10-11,15H,3,5,7,9,12-13H2,1-2H3,(H,21,26)/t15-/m0/s1. The van der Waals surface area contributed by atoms with Crippen molar-refractivity contribution in [2.24, 2.45) is 13.0 Å². The van der Waals surface area contributed by atoms with Crippen LogP contribution in [0.3, 0.4) is 0 Å². The van der Waals surface area contributed by atoms with Crippen LogP contribution in [0.1, 0.15) is 25.3 Å². The van der Waals surface area contributed by atoms with Crippen LogP contribution in [0.25, 0.3) is 0 Å². The van der Waals surface area contributed by atoms with Crippen molar-refractivity contribution in [2.75, 3.05) is 18.0 Å². The molecule has 3 rings (SSSR count). The number of amides is 1. The fourth-order valence-corrected chi connectivity index (χ4v) is 3.45. The molecule has 1 N–H and O–H groups in total. The predicted octanol–water partition coefficient (Wildman–Crippen LogP) is 0.495. The van der Waals surface area contributed by atoms with Crippen molar-refractivity contribution in [3.8, 4) is 0 Å². The van der Waals surface area contributed by atoms with Gasteiger partial charge in [-0.15, -0.1) is 0 Å². The van der Waals surface area contributed by atoms with Gasteiger partial charge in [0, 0.05) is 51.7 Å². The summed E-state index contributed by atoms with van der Waals surface area (Å²) in [7, 11) is 1.48. The molecular weight excluding hydrogens is 346 g/mol. The van der Waals surface area contributed by atoms with Crippen LogP contribution in [-0.2, 0) is 24.9 Å². The van der Waals surface area contributed by atoms with Crippen molar-refractivity contribution in [3.05, 3.63) is 57.0 Å². The van der Waals surface area contributed by atoms with Crippen LogP contribution < -0.4 is 21.5 Å². The first-order valence-corrected chi connectivity index (χ1v) is 9.23. The van der Waals surface area contributed by atoms with Gasteiger partial charge in [-0.25, -0.2) is 4.79 Å². The molecule has 1 aliphatic heterocycles. The number of carbonyl (C=O) groups excluding carboxylic acids is 1. The smallest absolute Gasteiger partial charge is 0.332 e. The Morgan fingerprint density at radius 3 is 2.89 bits per heavy atom. The first-order chi connectivity index (χ1) is 13.0. The quantitative estimate of drug-likeness (QED) is 0.827. The van der Waals surface area contributed by atoms with Gasteiger partial charge in [-0.05, 0) is 31.4 Å². The second-order valence-corrected chi connectivity index (χ2v) is 6.79. The van der Waals surface area contributed by atoms with E-state index >= 15 is 0 Å². The van der Waals surface area contributed by atoms with Gasteiger partial charge in [-0.1, -0.05) is 6.07 Å². The predicted molar refractivity (Wildman–Crippen MR) is 103 cm³/mol. The molecule has 0 aromatic carbocycles. The van der Waals surface area contributed by atoms with Gasteiger partial charge >= 0.3 is 5.69 Å². The molecule has 2 aromatic rings. The number of nitrogens with zero attached hydrogens (tertiary/aromatic N) is 4. The number of hydrogen-bond acceptors (Lipinski definition) is 5. The molecule has 1 atom stereocenters. The minimum atomic E-state index is -0.331. The van der Waals surface area contributed by atoms with E-state index in [1.165, 1.54) is 13.1 Å². The molecule has 8 nitrogen and oxygen atoms in total. The number of rotatable bonds is 5. The Kier molecular flexibility index (Phi) is 5.73. The van der Waals surface area contributed by atoms with E-state index in [4.69, 9.17) is 0 Å². The second kappa shape index (κ2) is 8.20. The Hall–Kier alpha value is -2.90. The Labute approximate surface area is 157 Å². The first kappa shape index (κ1) is 18.9. The van der Waals surface area contributed by atoms with Crippen molar-refractivity contribution in [1.29, 1.82) is 0 Å². The monoisotopic (exact) mass is 371 g/mol. The molecule has 0 aliphatic carbocycles. The third-order valence-electron chi connectivity index (χ3n) is 5.00. The molecule has 1 saturated heterocycles. The molecule has 0 unspecified atom stereocenters. The summed E-state index contributed by atoms with van der Waals surface area (Å²) < 4.78 is 2.69. The van der Waals surface area contributed by atoms with Crippen molar-refractivity contribution >= 4 is 11.7 Å². The topological polar surface area (TPSA) is 89.2 Å². The van der Waals surface area contributed by atoms with Crippen molar-refractivity contribution in [2.45, 2.75) is 32.9 Å². The largest absolute Gasteiger partial charge is 0.357 e. The van der Waals surface area contributed by atoms with E-state index in [-0.39, 0.29) is 23.1 Å². The Balaban J connectivity index is 1.74. The fourth-order valence-electron chi connectivity index (χ4n) is 3.45. The average Bonchev–Trinajstić information content (AvgIpc) is 2.71. The van der Waals surface area contributed by atoms with E-state index in [2.05, 4.69) is 10.3 Å². The van der Waals surface area contributed by atoms with Gasteiger partial charge in [0.25, 0.3) is 5.56 Å². The van der Waals surface area contributed by atoms with Crippen LogP contribution in [0.5, 0.6) is 0 Å². The molecule has 0 bridgehead atoms. The van der Waals surface area contributed by atoms with Gasteiger partial charge in [0.2, 0.25) is 5.91 Å². The maximum atomic E-state index is 12.6. The summed E-state index contributed by atoms with van der Waals surface area (Å²) in [5.41, 5.74) is 0.288. The minimum Gasteiger partial charge on any atom is -0.357 e. The summed E-state index contributed by atoms with van der Waals surface area (Å²) in [6.45, 7) is 3.99. The average molecular weight is 371 g/mol. The van der Waals surface area contributed by atoms with Crippen LogP contribution >= 0.6 is 0 Å². The van der Waals surface area contributed by atoms with Crippen LogP contribution in [0.2, 0.25) is 0 Å². The van der Waals surface area contributed by atoms with Crippen molar-refractivity contribution < 1.29 is 4.79 Å². The molecule has 0 saturated carbocycles. The maximum absolute atomic E-state index is 12.6. The molecule has 8 heteroatoms. The molecule has 0 spiro atoms.